The van der Waals surface area contributed by atoms with Gasteiger partial charge in [0.05, 0.1) is 17.9 Å². The summed E-state index contributed by atoms with van der Waals surface area (Å²) in [7, 11) is 0. The molecule has 0 unspecified atom stereocenters. The molecule has 3 aromatic rings. The fourth-order valence-corrected chi connectivity index (χ4v) is 3.20. The van der Waals surface area contributed by atoms with E-state index in [4.69, 9.17) is 11.6 Å². The standard InChI is InChI=1S/C21H13ClF2N2O/c22-16-7-3-1-5-13(16)12-26-19-8-4-2-6-15(19)20(21(26)27)25-14-9-10-17(23)18(24)11-14/h1-11H,12H2. The van der Waals surface area contributed by atoms with E-state index in [1.807, 2.05) is 30.3 Å². The van der Waals surface area contributed by atoms with Crippen molar-refractivity contribution in [2.45, 2.75) is 6.54 Å². The maximum absolute atomic E-state index is 13.5. The van der Waals surface area contributed by atoms with Crippen LogP contribution in [-0.2, 0) is 11.3 Å². The third-order valence-corrected chi connectivity index (χ3v) is 4.70. The summed E-state index contributed by atoms with van der Waals surface area (Å²) in [4.78, 5) is 18.9. The number of nitrogens with zero attached hydrogens (tertiary/aromatic N) is 2. The number of hydrogen-bond donors (Lipinski definition) is 0. The van der Waals surface area contributed by atoms with Crippen LogP contribution in [-0.4, -0.2) is 11.6 Å². The molecular weight excluding hydrogens is 370 g/mol. The van der Waals surface area contributed by atoms with Gasteiger partial charge in [0.25, 0.3) is 5.91 Å². The summed E-state index contributed by atoms with van der Waals surface area (Å²) >= 11 is 6.23. The molecule has 0 fully saturated rings. The molecule has 0 aliphatic carbocycles. The predicted octanol–water partition coefficient (Wildman–Crippen LogP) is 5.29. The first-order valence-corrected chi connectivity index (χ1v) is 8.61. The highest BCUT2D eigenvalue weighted by Gasteiger charge is 2.34. The van der Waals surface area contributed by atoms with Gasteiger partial charge >= 0.3 is 0 Å². The first kappa shape index (κ1) is 17.4. The maximum Gasteiger partial charge on any atom is 0.277 e. The van der Waals surface area contributed by atoms with Crippen molar-refractivity contribution in [1.29, 1.82) is 0 Å². The van der Waals surface area contributed by atoms with Gasteiger partial charge in [-0.2, -0.15) is 0 Å². The van der Waals surface area contributed by atoms with Gasteiger partial charge in [-0.3, -0.25) is 4.79 Å². The van der Waals surface area contributed by atoms with E-state index in [9.17, 15) is 13.6 Å². The normalized spacial score (nSPS) is 14.7. The monoisotopic (exact) mass is 382 g/mol. The van der Waals surface area contributed by atoms with Gasteiger partial charge in [-0.25, -0.2) is 13.8 Å². The quantitative estimate of drug-likeness (QED) is 0.606. The molecular formula is C21H13ClF2N2O. The Morgan fingerprint density at radius 2 is 1.67 bits per heavy atom. The Bertz CT molecular complexity index is 1080. The predicted molar refractivity (Wildman–Crippen MR) is 102 cm³/mol. The van der Waals surface area contributed by atoms with Crippen LogP contribution in [0.1, 0.15) is 11.1 Å². The lowest BCUT2D eigenvalue weighted by Gasteiger charge is -2.17. The molecule has 3 nitrogen and oxygen atoms in total. The Labute approximate surface area is 159 Å². The van der Waals surface area contributed by atoms with Gasteiger partial charge in [-0.1, -0.05) is 48.0 Å². The second kappa shape index (κ2) is 6.93. The summed E-state index contributed by atoms with van der Waals surface area (Å²) in [5.41, 5.74) is 2.50. The average Bonchev–Trinajstić information content (AvgIpc) is 2.92. The molecule has 1 aliphatic rings. The van der Waals surface area contributed by atoms with Crippen molar-refractivity contribution in [2.24, 2.45) is 4.99 Å². The summed E-state index contributed by atoms with van der Waals surface area (Å²) in [6, 6.07) is 17.8. The van der Waals surface area contributed by atoms with Crippen molar-refractivity contribution in [3.05, 3.63) is 94.5 Å². The van der Waals surface area contributed by atoms with Crippen molar-refractivity contribution in [3.63, 3.8) is 0 Å². The lowest BCUT2D eigenvalue weighted by molar-refractivity contribution is -0.112. The molecule has 0 bridgehead atoms. The van der Waals surface area contributed by atoms with Crippen LogP contribution in [0.25, 0.3) is 0 Å². The smallest absolute Gasteiger partial charge is 0.277 e. The van der Waals surface area contributed by atoms with E-state index in [0.717, 1.165) is 17.7 Å². The zero-order valence-corrected chi connectivity index (χ0v) is 14.8. The molecule has 134 valence electrons. The summed E-state index contributed by atoms with van der Waals surface area (Å²) in [5.74, 6) is -2.29. The van der Waals surface area contributed by atoms with Crippen molar-refractivity contribution in [2.75, 3.05) is 4.90 Å². The average molecular weight is 383 g/mol. The van der Waals surface area contributed by atoms with Gasteiger partial charge in [0, 0.05) is 16.7 Å². The highest BCUT2D eigenvalue weighted by molar-refractivity contribution is 6.54. The summed E-state index contributed by atoms with van der Waals surface area (Å²) < 4.78 is 26.7. The minimum Gasteiger partial charge on any atom is -0.302 e. The van der Waals surface area contributed by atoms with Gasteiger partial charge in [-0.15, -0.1) is 0 Å². The van der Waals surface area contributed by atoms with Gasteiger partial charge < -0.3 is 4.90 Å². The van der Waals surface area contributed by atoms with Crippen LogP contribution < -0.4 is 4.90 Å². The van der Waals surface area contributed by atoms with Gasteiger partial charge in [0.1, 0.15) is 5.71 Å². The molecule has 0 N–H and O–H groups in total. The van der Waals surface area contributed by atoms with Gasteiger partial charge in [0.2, 0.25) is 0 Å². The van der Waals surface area contributed by atoms with E-state index < -0.39 is 11.6 Å². The molecule has 0 aromatic heterocycles. The number of aliphatic imine (C=N–C) groups is 1. The number of carbonyl (C=O) groups excluding carboxylic acids is 1. The largest absolute Gasteiger partial charge is 0.302 e. The molecule has 0 saturated carbocycles. The third-order valence-electron chi connectivity index (χ3n) is 4.33. The molecule has 0 spiro atoms. The number of fused-ring (bicyclic) bond motifs is 1. The summed E-state index contributed by atoms with van der Waals surface area (Å²) in [5, 5.41) is 0.564. The van der Waals surface area contributed by atoms with E-state index in [2.05, 4.69) is 4.99 Å². The van der Waals surface area contributed by atoms with Crippen LogP contribution in [0.15, 0.2) is 71.7 Å². The first-order chi connectivity index (χ1) is 13.0. The number of para-hydroxylation sites is 1. The molecule has 1 heterocycles. The second-order valence-electron chi connectivity index (χ2n) is 6.06. The fraction of sp³-hybridized carbons (Fsp3) is 0.0476. The molecule has 6 heteroatoms. The van der Waals surface area contributed by atoms with Gasteiger partial charge in [-0.05, 0) is 29.8 Å². The van der Waals surface area contributed by atoms with Crippen molar-refractivity contribution < 1.29 is 13.6 Å². The zero-order chi connectivity index (χ0) is 19.0. The van der Waals surface area contributed by atoms with Gasteiger partial charge in [0.15, 0.2) is 11.6 Å². The molecule has 27 heavy (non-hydrogen) atoms. The van der Waals surface area contributed by atoms with Crippen LogP contribution in [0.5, 0.6) is 0 Å². The van der Waals surface area contributed by atoms with E-state index in [1.165, 1.54) is 6.07 Å². The highest BCUT2D eigenvalue weighted by Crippen LogP contribution is 2.33. The molecule has 0 atom stereocenters. The Balaban J connectivity index is 1.76. The molecule has 1 aliphatic heterocycles. The third kappa shape index (κ3) is 3.22. The summed E-state index contributed by atoms with van der Waals surface area (Å²) in [6.45, 7) is 0.284. The lowest BCUT2D eigenvalue weighted by atomic mass is 10.1. The van der Waals surface area contributed by atoms with E-state index in [-0.39, 0.29) is 23.9 Å². The lowest BCUT2D eigenvalue weighted by Crippen LogP contribution is -2.29. The number of hydrogen-bond acceptors (Lipinski definition) is 2. The maximum atomic E-state index is 13.5. The minimum atomic E-state index is -1.01. The fourth-order valence-electron chi connectivity index (χ4n) is 3.01. The van der Waals surface area contributed by atoms with E-state index in [1.54, 1.807) is 23.1 Å². The van der Waals surface area contributed by atoms with E-state index >= 15 is 0 Å². The first-order valence-electron chi connectivity index (χ1n) is 8.23. The number of rotatable bonds is 3. The van der Waals surface area contributed by atoms with Crippen molar-refractivity contribution >= 4 is 34.6 Å². The SMILES string of the molecule is O=C1C(=Nc2ccc(F)c(F)c2)c2ccccc2N1Cc1ccccc1Cl. The number of amides is 1. The minimum absolute atomic E-state index is 0.173. The molecule has 4 rings (SSSR count). The molecule has 0 saturated heterocycles. The van der Waals surface area contributed by atoms with Crippen LogP contribution in [0.4, 0.5) is 20.2 Å². The number of carbonyl (C=O) groups is 1. The Kier molecular flexibility index (Phi) is 4.46. The van der Waals surface area contributed by atoms with Crippen molar-refractivity contribution in [1.82, 2.24) is 0 Å². The molecule has 3 aromatic carbocycles. The van der Waals surface area contributed by atoms with Crippen LogP contribution >= 0.6 is 11.6 Å². The van der Waals surface area contributed by atoms with Crippen LogP contribution in [0, 0.1) is 11.6 Å². The number of halogens is 3. The second-order valence-corrected chi connectivity index (χ2v) is 6.47. The number of benzene rings is 3. The molecule has 1 amide bonds. The zero-order valence-electron chi connectivity index (χ0n) is 14.0. The summed E-state index contributed by atoms with van der Waals surface area (Å²) in [6.07, 6.45) is 0. The topological polar surface area (TPSA) is 32.7 Å². The Morgan fingerprint density at radius 3 is 2.44 bits per heavy atom. The number of anilines is 1. The van der Waals surface area contributed by atoms with Crippen molar-refractivity contribution in [3.8, 4) is 0 Å². The molecule has 0 radical (unpaired) electrons. The highest BCUT2D eigenvalue weighted by atomic mass is 35.5. The van der Waals surface area contributed by atoms with Crippen LogP contribution in [0.2, 0.25) is 5.02 Å². The Hall–Kier alpha value is -3.05. The Morgan fingerprint density at radius 1 is 0.926 bits per heavy atom. The van der Waals surface area contributed by atoms with E-state index in [0.29, 0.717) is 16.3 Å². The van der Waals surface area contributed by atoms with Crippen LogP contribution in [0.3, 0.4) is 0 Å².